The van der Waals surface area contributed by atoms with Gasteiger partial charge in [-0.05, 0) is 37.1 Å². The number of nitrogens with zero attached hydrogens (tertiary/aromatic N) is 2. The number of carbonyl (C=O) groups excluding carboxylic acids is 4. The molecule has 1 aliphatic heterocycles. The number of amides is 4. The van der Waals surface area contributed by atoms with Gasteiger partial charge in [0.15, 0.2) is 6.61 Å². The third-order valence-corrected chi connectivity index (χ3v) is 5.21. The van der Waals surface area contributed by atoms with Crippen LogP contribution in [0.2, 0.25) is 0 Å². The molecule has 0 radical (unpaired) electrons. The van der Waals surface area contributed by atoms with E-state index in [9.17, 15) is 19.2 Å². The van der Waals surface area contributed by atoms with Gasteiger partial charge in [-0.1, -0.05) is 0 Å². The molecule has 0 bridgehead atoms. The summed E-state index contributed by atoms with van der Waals surface area (Å²) in [6.45, 7) is 0.519. The number of nitriles is 1. The molecule has 0 unspecified atom stereocenters. The van der Waals surface area contributed by atoms with Gasteiger partial charge in [0.2, 0.25) is 0 Å². The first-order valence-electron chi connectivity index (χ1n) is 7.92. The van der Waals surface area contributed by atoms with Crippen molar-refractivity contribution in [3.63, 3.8) is 0 Å². The van der Waals surface area contributed by atoms with Crippen LogP contribution < -0.4 is 10.6 Å². The van der Waals surface area contributed by atoms with Crippen molar-refractivity contribution >= 4 is 40.2 Å². The standard InChI is InChI=1S/C16H16N4O5S/c1-16(10-2-3-10)14(23)20(15(24)19-16)7-12(22)25-8-11(21)18-13-9(6-17)4-5-26-13/h4-5,10H,2-3,7-8H2,1H3,(H,18,21)(H,19,24)/t16-/m0/s1. The van der Waals surface area contributed by atoms with E-state index in [1.807, 2.05) is 6.07 Å². The number of urea groups is 1. The molecule has 1 aromatic heterocycles. The van der Waals surface area contributed by atoms with E-state index < -0.39 is 42.5 Å². The van der Waals surface area contributed by atoms with Gasteiger partial charge in [-0.25, -0.2) is 4.79 Å². The molecule has 1 saturated heterocycles. The lowest BCUT2D eigenvalue weighted by Crippen LogP contribution is -2.46. The topological polar surface area (TPSA) is 129 Å². The third kappa shape index (κ3) is 3.39. The van der Waals surface area contributed by atoms with Crippen molar-refractivity contribution < 1.29 is 23.9 Å². The van der Waals surface area contributed by atoms with Crippen LogP contribution in [0.1, 0.15) is 25.3 Å². The second-order valence-electron chi connectivity index (χ2n) is 6.28. The van der Waals surface area contributed by atoms with E-state index >= 15 is 0 Å². The second-order valence-corrected chi connectivity index (χ2v) is 7.20. The highest BCUT2D eigenvalue weighted by Crippen LogP contribution is 2.42. The number of imide groups is 1. The SMILES string of the molecule is C[C@@]1(C2CC2)NC(=O)N(CC(=O)OCC(=O)Nc2sccc2C#N)C1=O. The minimum absolute atomic E-state index is 0.0888. The molecule has 1 aromatic rings. The quantitative estimate of drug-likeness (QED) is 0.559. The number of rotatable bonds is 6. The Morgan fingerprint density at radius 1 is 1.50 bits per heavy atom. The third-order valence-electron chi connectivity index (χ3n) is 4.39. The van der Waals surface area contributed by atoms with Crippen LogP contribution in [-0.4, -0.2) is 47.4 Å². The zero-order chi connectivity index (χ0) is 18.9. The van der Waals surface area contributed by atoms with Crippen molar-refractivity contribution in [2.75, 3.05) is 18.5 Å². The molecule has 2 heterocycles. The molecule has 0 aromatic carbocycles. The predicted molar refractivity (Wildman–Crippen MR) is 90.0 cm³/mol. The average molecular weight is 376 g/mol. The van der Waals surface area contributed by atoms with Crippen LogP contribution in [0.3, 0.4) is 0 Å². The molecule has 1 atom stereocenters. The highest BCUT2D eigenvalue weighted by atomic mass is 32.1. The molecule has 2 aliphatic rings. The Morgan fingerprint density at radius 2 is 2.23 bits per heavy atom. The molecule has 1 saturated carbocycles. The van der Waals surface area contributed by atoms with Crippen LogP contribution in [-0.2, 0) is 19.1 Å². The van der Waals surface area contributed by atoms with E-state index in [0.717, 1.165) is 17.7 Å². The summed E-state index contributed by atoms with van der Waals surface area (Å²) >= 11 is 1.17. The first-order valence-corrected chi connectivity index (χ1v) is 8.80. The number of hydrogen-bond donors (Lipinski definition) is 2. The Labute approximate surface area is 152 Å². The largest absolute Gasteiger partial charge is 0.454 e. The van der Waals surface area contributed by atoms with Crippen LogP contribution in [0.25, 0.3) is 0 Å². The molecular formula is C16H16N4O5S. The highest BCUT2D eigenvalue weighted by Gasteiger charge is 2.56. The summed E-state index contributed by atoms with van der Waals surface area (Å²) in [5.74, 6) is -1.85. The summed E-state index contributed by atoms with van der Waals surface area (Å²) in [5.41, 5.74) is -0.657. The Morgan fingerprint density at radius 3 is 2.88 bits per heavy atom. The monoisotopic (exact) mass is 376 g/mol. The number of ether oxygens (including phenoxy) is 1. The number of anilines is 1. The Bertz CT molecular complexity index is 825. The summed E-state index contributed by atoms with van der Waals surface area (Å²) < 4.78 is 4.83. The summed E-state index contributed by atoms with van der Waals surface area (Å²) in [4.78, 5) is 48.9. The van der Waals surface area contributed by atoms with Crippen molar-refractivity contribution in [2.45, 2.75) is 25.3 Å². The normalized spacial score (nSPS) is 21.9. The fraction of sp³-hybridized carbons (Fsp3) is 0.438. The molecule has 26 heavy (non-hydrogen) atoms. The Hall–Kier alpha value is -2.93. The molecule has 2 fully saturated rings. The van der Waals surface area contributed by atoms with Gasteiger partial charge in [0.25, 0.3) is 11.8 Å². The van der Waals surface area contributed by atoms with E-state index in [-0.39, 0.29) is 5.92 Å². The lowest BCUT2D eigenvalue weighted by atomic mass is 9.96. The molecule has 9 nitrogen and oxygen atoms in total. The van der Waals surface area contributed by atoms with Crippen LogP contribution in [0.4, 0.5) is 9.80 Å². The number of hydrogen-bond acceptors (Lipinski definition) is 7. The van der Waals surface area contributed by atoms with E-state index in [0.29, 0.717) is 10.6 Å². The maximum absolute atomic E-state index is 12.4. The van der Waals surface area contributed by atoms with E-state index in [1.165, 1.54) is 11.3 Å². The van der Waals surface area contributed by atoms with Gasteiger partial charge in [0.1, 0.15) is 23.2 Å². The molecule has 2 N–H and O–H groups in total. The Balaban J connectivity index is 1.50. The van der Waals surface area contributed by atoms with Gasteiger partial charge in [0.05, 0.1) is 5.56 Å². The lowest BCUT2D eigenvalue weighted by molar-refractivity contribution is -0.150. The zero-order valence-corrected chi connectivity index (χ0v) is 14.7. The van der Waals surface area contributed by atoms with Gasteiger partial charge in [0, 0.05) is 0 Å². The van der Waals surface area contributed by atoms with Gasteiger partial charge in [-0.15, -0.1) is 11.3 Å². The van der Waals surface area contributed by atoms with Crippen molar-refractivity contribution in [3.8, 4) is 6.07 Å². The smallest absolute Gasteiger partial charge is 0.326 e. The van der Waals surface area contributed by atoms with Crippen LogP contribution in [0.15, 0.2) is 11.4 Å². The molecule has 1 aliphatic carbocycles. The molecule has 136 valence electrons. The maximum atomic E-state index is 12.4. The van der Waals surface area contributed by atoms with E-state index in [2.05, 4.69) is 10.6 Å². The van der Waals surface area contributed by atoms with Gasteiger partial charge in [-0.2, -0.15) is 5.26 Å². The van der Waals surface area contributed by atoms with Gasteiger partial charge < -0.3 is 15.4 Å². The second kappa shape index (κ2) is 6.76. The maximum Gasteiger partial charge on any atom is 0.326 e. The van der Waals surface area contributed by atoms with Crippen molar-refractivity contribution in [3.05, 3.63) is 17.0 Å². The summed E-state index contributed by atoms with van der Waals surface area (Å²) in [7, 11) is 0. The van der Waals surface area contributed by atoms with Crippen molar-refractivity contribution in [1.82, 2.24) is 10.2 Å². The zero-order valence-electron chi connectivity index (χ0n) is 13.9. The van der Waals surface area contributed by atoms with Crippen LogP contribution in [0.5, 0.6) is 0 Å². The van der Waals surface area contributed by atoms with E-state index in [4.69, 9.17) is 10.00 Å². The highest BCUT2D eigenvalue weighted by molar-refractivity contribution is 7.14. The number of esters is 1. The van der Waals surface area contributed by atoms with Gasteiger partial charge in [-0.3, -0.25) is 19.3 Å². The fourth-order valence-electron chi connectivity index (χ4n) is 2.77. The summed E-state index contributed by atoms with van der Waals surface area (Å²) in [6.07, 6.45) is 1.71. The average Bonchev–Trinajstić information content (AvgIpc) is 3.33. The summed E-state index contributed by atoms with van der Waals surface area (Å²) in [6, 6.07) is 2.85. The molecular weight excluding hydrogens is 360 g/mol. The molecule has 0 spiro atoms. The van der Waals surface area contributed by atoms with Crippen molar-refractivity contribution in [1.29, 1.82) is 5.26 Å². The van der Waals surface area contributed by atoms with Crippen LogP contribution >= 0.6 is 11.3 Å². The number of thiophene rings is 1. The first-order chi connectivity index (χ1) is 12.3. The molecule has 10 heteroatoms. The van der Waals surface area contributed by atoms with E-state index in [1.54, 1.807) is 18.4 Å². The predicted octanol–water partition coefficient (Wildman–Crippen LogP) is 0.822. The number of carbonyl (C=O) groups is 4. The first kappa shape index (κ1) is 17.9. The Kier molecular flexibility index (Phi) is 4.65. The fourth-order valence-corrected chi connectivity index (χ4v) is 3.53. The minimum atomic E-state index is -0.971. The molecule has 3 rings (SSSR count). The lowest BCUT2D eigenvalue weighted by Gasteiger charge is -2.20. The van der Waals surface area contributed by atoms with Gasteiger partial charge >= 0.3 is 12.0 Å². The van der Waals surface area contributed by atoms with Crippen LogP contribution in [0, 0.1) is 17.2 Å². The van der Waals surface area contributed by atoms with Crippen molar-refractivity contribution in [2.24, 2.45) is 5.92 Å². The molecule has 4 amide bonds. The summed E-state index contributed by atoms with van der Waals surface area (Å²) in [5, 5.41) is 16.0. The number of nitrogens with one attached hydrogen (secondary N) is 2. The minimum Gasteiger partial charge on any atom is -0.454 e.